The molecule has 0 spiro atoms. The van der Waals surface area contributed by atoms with Gasteiger partial charge in [0.2, 0.25) is 12.2 Å². The molecular weight excluding hydrogens is 336 g/mol. The molecule has 0 aliphatic heterocycles. The molecule has 0 heterocycles. The molecule has 0 aliphatic rings. The molecular formula is C23H28N2O2. The minimum atomic E-state index is -0.0406. The molecule has 1 unspecified atom stereocenters. The van der Waals surface area contributed by atoms with Gasteiger partial charge in [-0.15, -0.1) is 0 Å². The number of isocyanates is 2. The minimum absolute atomic E-state index is 0.0406. The van der Waals surface area contributed by atoms with E-state index in [1.165, 1.54) is 17.2 Å². The lowest BCUT2D eigenvalue weighted by Crippen LogP contribution is -1.96. The monoisotopic (exact) mass is 364 g/mol. The number of rotatable bonds is 7. The van der Waals surface area contributed by atoms with Crippen molar-refractivity contribution in [3.05, 3.63) is 65.2 Å². The van der Waals surface area contributed by atoms with E-state index < -0.39 is 0 Å². The molecule has 0 saturated carbocycles. The Morgan fingerprint density at radius 1 is 0.926 bits per heavy atom. The molecule has 0 aromatic heterocycles. The van der Waals surface area contributed by atoms with E-state index in [9.17, 15) is 9.59 Å². The van der Waals surface area contributed by atoms with Gasteiger partial charge in [-0.1, -0.05) is 70.5 Å². The van der Waals surface area contributed by atoms with Gasteiger partial charge in [0.05, 0.1) is 11.7 Å². The first-order chi connectivity index (χ1) is 13.0. The molecule has 4 heteroatoms. The Morgan fingerprint density at radius 2 is 1.59 bits per heavy atom. The largest absolute Gasteiger partial charge is 0.240 e. The van der Waals surface area contributed by atoms with Crippen molar-refractivity contribution in [3.63, 3.8) is 0 Å². The zero-order chi connectivity index (χ0) is 20.1. The highest BCUT2D eigenvalue weighted by molar-refractivity contribution is 5.49. The van der Waals surface area contributed by atoms with Gasteiger partial charge in [0.15, 0.2) is 0 Å². The van der Waals surface area contributed by atoms with Crippen molar-refractivity contribution in [3.8, 4) is 0 Å². The van der Waals surface area contributed by atoms with E-state index in [2.05, 4.69) is 42.9 Å². The second-order valence-electron chi connectivity index (χ2n) is 6.59. The summed E-state index contributed by atoms with van der Waals surface area (Å²) in [5, 5.41) is 0. The zero-order valence-corrected chi connectivity index (χ0v) is 16.6. The fourth-order valence-electron chi connectivity index (χ4n) is 2.67. The van der Waals surface area contributed by atoms with Crippen molar-refractivity contribution in [1.29, 1.82) is 0 Å². The van der Waals surface area contributed by atoms with Crippen LogP contribution in [0.2, 0.25) is 0 Å². The summed E-state index contributed by atoms with van der Waals surface area (Å²) in [7, 11) is 0. The Kier molecular flexibility index (Phi) is 10.3. The predicted octanol–water partition coefficient (Wildman–Crippen LogP) is 6.20. The fraction of sp³-hybridized carbons (Fsp3) is 0.391. The van der Waals surface area contributed by atoms with Crippen molar-refractivity contribution in [1.82, 2.24) is 0 Å². The smallest absolute Gasteiger partial charge is 0.211 e. The second-order valence-corrected chi connectivity index (χ2v) is 6.59. The summed E-state index contributed by atoms with van der Waals surface area (Å²) >= 11 is 0. The zero-order valence-electron chi connectivity index (χ0n) is 16.6. The molecule has 0 N–H and O–H groups in total. The molecule has 2 aromatic rings. The molecule has 0 fully saturated rings. The van der Waals surface area contributed by atoms with Gasteiger partial charge < -0.3 is 0 Å². The first-order valence-corrected chi connectivity index (χ1v) is 9.39. The first kappa shape index (κ1) is 22.2. The Balaban J connectivity index is 0.000000277. The van der Waals surface area contributed by atoms with Gasteiger partial charge in [-0.25, -0.2) is 9.59 Å². The highest BCUT2D eigenvalue weighted by Crippen LogP contribution is 2.24. The third-order valence-corrected chi connectivity index (χ3v) is 4.21. The van der Waals surface area contributed by atoms with E-state index >= 15 is 0 Å². The molecule has 2 aromatic carbocycles. The average molecular weight is 364 g/mol. The van der Waals surface area contributed by atoms with E-state index in [1.807, 2.05) is 43.3 Å². The van der Waals surface area contributed by atoms with Crippen LogP contribution >= 0.6 is 0 Å². The second kappa shape index (κ2) is 12.5. The van der Waals surface area contributed by atoms with E-state index in [0.29, 0.717) is 11.6 Å². The van der Waals surface area contributed by atoms with E-state index in [-0.39, 0.29) is 6.04 Å². The van der Waals surface area contributed by atoms with Crippen molar-refractivity contribution >= 4 is 17.8 Å². The molecule has 1 atom stereocenters. The van der Waals surface area contributed by atoms with Crippen LogP contribution in [0.25, 0.3) is 0 Å². The molecule has 0 amide bonds. The number of benzene rings is 2. The maximum atomic E-state index is 10.3. The standard InChI is InChI=1S/C13H17NO.C10H11NO/c1-4-13(14-9-15)12-7-5-6-11(8-12)10(2)3;1-2-3-9-4-6-10(7-5-9)11-8-12/h5-8,10,13H,4H2,1-3H3;4-7H,2-3H2,1H3. The maximum absolute atomic E-state index is 10.3. The van der Waals surface area contributed by atoms with Gasteiger partial charge in [-0.3, -0.25) is 0 Å². The quantitative estimate of drug-likeness (QED) is 0.433. The third-order valence-electron chi connectivity index (χ3n) is 4.21. The summed E-state index contributed by atoms with van der Waals surface area (Å²) < 4.78 is 0. The van der Waals surface area contributed by atoms with Gasteiger partial charge >= 0.3 is 0 Å². The van der Waals surface area contributed by atoms with Gasteiger partial charge in [0.1, 0.15) is 0 Å². The van der Waals surface area contributed by atoms with Crippen LogP contribution < -0.4 is 0 Å². The lowest BCUT2D eigenvalue weighted by Gasteiger charge is -2.11. The maximum Gasteiger partial charge on any atom is 0.240 e. The number of hydrogen-bond acceptors (Lipinski definition) is 4. The highest BCUT2D eigenvalue weighted by atomic mass is 16.1. The number of aliphatic imine (C=N–C) groups is 2. The molecule has 142 valence electrons. The summed E-state index contributed by atoms with van der Waals surface area (Å²) in [4.78, 5) is 27.5. The third kappa shape index (κ3) is 7.96. The minimum Gasteiger partial charge on any atom is -0.211 e. The summed E-state index contributed by atoms with van der Waals surface area (Å²) in [5.41, 5.74) is 4.34. The first-order valence-electron chi connectivity index (χ1n) is 9.39. The Bertz CT molecular complexity index is 784. The Morgan fingerprint density at radius 3 is 2.11 bits per heavy atom. The van der Waals surface area contributed by atoms with E-state index in [1.54, 1.807) is 6.08 Å². The normalized spacial score (nSPS) is 10.9. The lowest BCUT2D eigenvalue weighted by molar-refractivity contribution is 0.555. The van der Waals surface area contributed by atoms with Crippen LogP contribution in [0.5, 0.6) is 0 Å². The van der Waals surface area contributed by atoms with E-state index in [4.69, 9.17) is 0 Å². The molecule has 0 aliphatic carbocycles. The topological polar surface area (TPSA) is 58.9 Å². The van der Waals surface area contributed by atoms with Gasteiger partial charge in [0, 0.05) is 0 Å². The number of nitrogens with zero attached hydrogens (tertiary/aromatic N) is 2. The van der Waals surface area contributed by atoms with Crippen LogP contribution in [-0.2, 0) is 16.0 Å². The summed E-state index contributed by atoms with van der Waals surface area (Å²) in [6, 6.07) is 15.9. The molecule has 27 heavy (non-hydrogen) atoms. The Hall–Kier alpha value is -2.80. The van der Waals surface area contributed by atoms with Crippen LogP contribution in [0.3, 0.4) is 0 Å². The lowest BCUT2D eigenvalue weighted by atomic mass is 9.97. The van der Waals surface area contributed by atoms with Crippen molar-refractivity contribution in [2.75, 3.05) is 0 Å². The van der Waals surface area contributed by atoms with Gasteiger partial charge in [-0.2, -0.15) is 9.98 Å². The summed E-state index contributed by atoms with van der Waals surface area (Å²) in [6.45, 7) is 8.47. The number of aryl methyl sites for hydroxylation is 1. The van der Waals surface area contributed by atoms with E-state index in [0.717, 1.165) is 24.8 Å². The fourth-order valence-corrected chi connectivity index (χ4v) is 2.67. The summed E-state index contributed by atoms with van der Waals surface area (Å²) in [6.07, 6.45) is 6.19. The molecule has 4 nitrogen and oxygen atoms in total. The van der Waals surface area contributed by atoms with Crippen LogP contribution in [0.15, 0.2) is 58.5 Å². The van der Waals surface area contributed by atoms with Crippen molar-refractivity contribution < 1.29 is 9.59 Å². The molecule has 2 rings (SSSR count). The summed E-state index contributed by atoms with van der Waals surface area (Å²) in [5.74, 6) is 0.502. The van der Waals surface area contributed by atoms with Crippen molar-refractivity contribution in [2.45, 2.75) is 58.9 Å². The van der Waals surface area contributed by atoms with Crippen LogP contribution in [0.1, 0.15) is 69.2 Å². The number of carbonyl (C=O) groups excluding carboxylic acids is 2. The molecule has 0 saturated heterocycles. The molecule has 0 radical (unpaired) electrons. The average Bonchev–Trinajstić information content (AvgIpc) is 2.68. The Labute approximate surface area is 162 Å². The van der Waals surface area contributed by atoms with Crippen LogP contribution in [0.4, 0.5) is 5.69 Å². The van der Waals surface area contributed by atoms with Gasteiger partial charge in [0.25, 0.3) is 0 Å². The van der Waals surface area contributed by atoms with Crippen LogP contribution in [0, 0.1) is 0 Å². The highest BCUT2D eigenvalue weighted by Gasteiger charge is 2.08. The number of hydrogen-bond donors (Lipinski definition) is 0. The van der Waals surface area contributed by atoms with Crippen molar-refractivity contribution in [2.24, 2.45) is 9.98 Å². The van der Waals surface area contributed by atoms with Crippen LogP contribution in [-0.4, -0.2) is 12.2 Å². The molecule has 0 bridgehead atoms. The SMILES string of the molecule is CCC(N=C=O)c1cccc(C(C)C)c1.CCCc1ccc(N=C=O)cc1. The predicted molar refractivity (Wildman–Crippen MR) is 110 cm³/mol. The van der Waals surface area contributed by atoms with Gasteiger partial charge in [-0.05, 0) is 47.6 Å².